The third-order valence-corrected chi connectivity index (χ3v) is 7.10. The van der Waals surface area contributed by atoms with E-state index in [9.17, 15) is 9.59 Å². The van der Waals surface area contributed by atoms with Gasteiger partial charge in [-0.15, -0.1) is 0 Å². The van der Waals surface area contributed by atoms with Crippen molar-refractivity contribution in [2.24, 2.45) is 0 Å². The molecule has 43 heavy (non-hydrogen) atoms. The molecule has 4 aromatic carbocycles. The molecule has 9 heteroatoms. The van der Waals surface area contributed by atoms with E-state index in [1.807, 2.05) is 42.5 Å². The molecule has 0 aromatic heterocycles. The van der Waals surface area contributed by atoms with Crippen molar-refractivity contribution < 1.29 is 38.0 Å². The first kappa shape index (κ1) is 31.6. The molecule has 0 unspecified atom stereocenters. The molecular formula is C34H34O8S. The van der Waals surface area contributed by atoms with E-state index in [0.717, 1.165) is 55.0 Å². The van der Waals surface area contributed by atoms with Crippen LogP contribution in [0.2, 0.25) is 0 Å². The summed E-state index contributed by atoms with van der Waals surface area (Å²) in [6, 6.07) is 24.3. The van der Waals surface area contributed by atoms with Crippen molar-refractivity contribution in [1.29, 1.82) is 0 Å². The normalized spacial score (nSPS) is 10.8. The molecule has 224 valence electrons. The van der Waals surface area contributed by atoms with Crippen LogP contribution in [-0.4, -0.2) is 64.8 Å². The summed E-state index contributed by atoms with van der Waals surface area (Å²) in [5, 5.41) is 3.63. The van der Waals surface area contributed by atoms with Gasteiger partial charge in [-0.05, 0) is 30.3 Å². The first-order valence-electron chi connectivity index (χ1n) is 13.8. The zero-order valence-corrected chi connectivity index (χ0v) is 24.6. The Morgan fingerprint density at radius 3 is 1.60 bits per heavy atom. The van der Waals surface area contributed by atoms with Gasteiger partial charge in [0.25, 0.3) is 0 Å². The summed E-state index contributed by atoms with van der Waals surface area (Å²) in [7, 11) is 0. The quantitative estimate of drug-likeness (QED) is 0.0556. The van der Waals surface area contributed by atoms with Gasteiger partial charge < -0.3 is 28.4 Å². The van der Waals surface area contributed by atoms with Crippen molar-refractivity contribution in [2.45, 2.75) is 9.79 Å². The lowest BCUT2D eigenvalue weighted by Gasteiger charge is -2.19. The smallest absolute Gasteiger partial charge is 0.330 e. The van der Waals surface area contributed by atoms with Crippen LogP contribution in [-0.2, 0) is 28.5 Å². The van der Waals surface area contributed by atoms with Crippen LogP contribution in [0.1, 0.15) is 0 Å². The number of hydrogen-bond acceptors (Lipinski definition) is 9. The molecule has 0 aliphatic heterocycles. The standard InChI is InChI=1S/C34H34O8S/c1-3-31(35)39-20-16-37-18-22-41-33-27-12-8-9-13-28(27)34(42-23-19-38-17-21-40-32(36)4-2)30-24-26(14-15-29(30)33)43-25-10-6-5-7-11-25/h3-15,24H,1-2,16-23H2. The van der Waals surface area contributed by atoms with Gasteiger partial charge in [0.1, 0.15) is 37.9 Å². The van der Waals surface area contributed by atoms with Gasteiger partial charge in [0, 0.05) is 43.5 Å². The van der Waals surface area contributed by atoms with E-state index in [1.54, 1.807) is 11.8 Å². The summed E-state index contributed by atoms with van der Waals surface area (Å²) < 4.78 is 33.7. The highest BCUT2D eigenvalue weighted by molar-refractivity contribution is 7.99. The molecule has 0 atom stereocenters. The number of ether oxygens (including phenoxy) is 6. The molecule has 8 nitrogen and oxygen atoms in total. The Hall–Kier alpha value is -4.31. The Morgan fingerprint density at radius 2 is 1.05 bits per heavy atom. The average molecular weight is 603 g/mol. The van der Waals surface area contributed by atoms with Crippen molar-refractivity contribution in [3.05, 3.63) is 98.1 Å². The number of esters is 2. The highest BCUT2D eigenvalue weighted by Crippen LogP contribution is 2.44. The summed E-state index contributed by atoms with van der Waals surface area (Å²) in [6.45, 7) is 8.81. The van der Waals surface area contributed by atoms with E-state index in [0.29, 0.717) is 26.4 Å². The predicted octanol–water partition coefficient (Wildman–Crippen LogP) is 6.39. The van der Waals surface area contributed by atoms with E-state index < -0.39 is 11.9 Å². The lowest BCUT2D eigenvalue weighted by molar-refractivity contribution is -0.140. The molecule has 0 spiro atoms. The second kappa shape index (κ2) is 17.0. The second-order valence-corrected chi connectivity index (χ2v) is 10.1. The Kier molecular flexibility index (Phi) is 12.5. The molecule has 0 aliphatic carbocycles. The number of rotatable bonds is 18. The molecule has 0 fully saturated rings. The van der Waals surface area contributed by atoms with E-state index in [-0.39, 0.29) is 26.4 Å². The molecule has 0 aliphatic rings. The van der Waals surface area contributed by atoms with Crippen LogP contribution in [0.25, 0.3) is 21.5 Å². The summed E-state index contributed by atoms with van der Waals surface area (Å²) in [5.41, 5.74) is 0. The maximum absolute atomic E-state index is 11.2. The highest BCUT2D eigenvalue weighted by Gasteiger charge is 2.17. The second-order valence-electron chi connectivity index (χ2n) is 8.99. The van der Waals surface area contributed by atoms with E-state index >= 15 is 0 Å². The Bertz CT molecular complexity index is 1540. The number of benzene rings is 4. The van der Waals surface area contributed by atoms with Gasteiger partial charge in [-0.1, -0.05) is 67.4 Å². The average Bonchev–Trinajstić information content (AvgIpc) is 3.04. The van der Waals surface area contributed by atoms with Crippen LogP contribution in [0.15, 0.2) is 108 Å². The molecule has 0 heterocycles. The van der Waals surface area contributed by atoms with E-state index in [2.05, 4.69) is 43.5 Å². The van der Waals surface area contributed by atoms with Crippen LogP contribution in [0.5, 0.6) is 11.5 Å². The minimum Gasteiger partial charge on any atom is -0.490 e. The van der Waals surface area contributed by atoms with Gasteiger partial charge in [-0.3, -0.25) is 0 Å². The maximum Gasteiger partial charge on any atom is 0.330 e. The molecule has 0 saturated carbocycles. The lowest BCUT2D eigenvalue weighted by Crippen LogP contribution is -2.13. The Labute approximate surface area is 255 Å². The Balaban J connectivity index is 1.54. The van der Waals surface area contributed by atoms with Gasteiger partial charge in [-0.25, -0.2) is 9.59 Å². The fraction of sp³-hybridized carbons (Fsp3) is 0.235. The van der Waals surface area contributed by atoms with Crippen molar-refractivity contribution in [3.63, 3.8) is 0 Å². The zero-order chi connectivity index (χ0) is 30.3. The number of fused-ring (bicyclic) bond motifs is 2. The van der Waals surface area contributed by atoms with Crippen LogP contribution in [0, 0.1) is 0 Å². The van der Waals surface area contributed by atoms with E-state index in [4.69, 9.17) is 28.4 Å². The molecule has 0 amide bonds. The SMILES string of the molecule is C=CC(=O)OCCOCCOc1c2ccccc2c(OCCOCCOC(=O)C=C)c2cc(Sc3ccccc3)ccc12. The largest absolute Gasteiger partial charge is 0.490 e. The first-order chi connectivity index (χ1) is 21.1. The van der Waals surface area contributed by atoms with Crippen LogP contribution < -0.4 is 9.47 Å². The first-order valence-corrected chi connectivity index (χ1v) is 14.6. The Morgan fingerprint density at radius 1 is 0.558 bits per heavy atom. The molecule has 4 aromatic rings. The number of carbonyl (C=O) groups excluding carboxylic acids is 2. The van der Waals surface area contributed by atoms with Crippen molar-refractivity contribution in [2.75, 3.05) is 52.9 Å². The minimum atomic E-state index is -0.482. The fourth-order valence-electron chi connectivity index (χ4n) is 4.21. The van der Waals surface area contributed by atoms with Gasteiger partial charge in [0.2, 0.25) is 0 Å². The molecule has 4 rings (SSSR count). The summed E-state index contributed by atoms with van der Waals surface area (Å²) in [6.07, 6.45) is 2.24. The van der Waals surface area contributed by atoms with Crippen molar-refractivity contribution >= 4 is 45.2 Å². The van der Waals surface area contributed by atoms with Gasteiger partial charge in [0.05, 0.1) is 26.4 Å². The third kappa shape index (κ3) is 9.34. The molecule has 0 radical (unpaired) electrons. The lowest BCUT2D eigenvalue weighted by atomic mass is 10.0. The summed E-state index contributed by atoms with van der Waals surface area (Å²) in [5.74, 6) is 0.502. The zero-order valence-electron chi connectivity index (χ0n) is 23.8. The maximum atomic E-state index is 11.2. The highest BCUT2D eigenvalue weighted by atomic mass is 32.2. The van der Waals surface area contributed by atoms with Gasteiger partial charge in [-0.2, -0.15) is 0 Å². The summed E-state index contributed by atoms with van der Waals surface area (Å²) in [4.78, 5) is 24.6. The number of hydrogen-bond donors (Lipinski definition) is 0. The molecule has 0 saturated heterocycles. The van der Waals surface area contributed by atoms with Gasteiger partial charge >= 0.3 is 11.9 Å². The predicted molar refractivity (Wildman–Crippen MR) is 167 cm³/mol. The summed E-state index contributed by atoms with van der Waals surface area (Å²) >= 11 is 1.67. The van der Waals surface area contributed by atoms with E-state index in [1.165, 1.54) is 0 Å². The minimum absolute atomic E-state index is 0.145. The van der Waals surface area contributed by atoms with Crippen LogP contribution >= 0.6 is 11.8 Å². The third-order valence-electron chi connectivity index (χ3n) is 6.10. The van der Waals surface area contributed by atoms with Crippen LogP contribution in [0.4, 0.5) is 0 Å². The molecule has 0 bridgehead atoms. The number of carbonyl (C=O) groups is 2. The fourth-order valence-corrected chi connectivity index (χ4v) is 5.09. The van der Waals surface area contributed by atoms with Gasteiger partial charge in [0.15, 0.2) is 0 Å². The molecular weight excluding hydrogens is 568 g/mol. The van der Waals surface area contributed by atoms with Crippen LogP contribution in [0.3, 0.4) is 0 Å². The van der Waals surface area contributed by atoms with Crippen molar-refractivity contribution in [3.8, 4) is 11.5 Å². The topological polar surface area (TPSA) is 89.5 Å². The van der Waals surface area contributed by atoms with Crippen molar-refractivity contribution in [1.82, 2.24) is 0 Å². The molecule has 0 N–H and O–H groups in total. The monoisotopic (exact) mass is 602 g/mol.